The highest BCUT2D eigenvalue weighted by molar-refractivity contribution is 5.91. The van der Waals surface area contributed by atoms with E-state index in [1.807, 2.05) is 20.2 Å². The van der Waals surface area contributed by atoms with Gasteiger partial charge in [0.25, 0.3) is 0 Å². The van der Waals surface area contributed by atoms with Gasteiger partial charge < -0.3 is 10.6 Å². The van der Waals surface area contributed by atoms with Crippen LogP contribution in [0.4, 0.5) is 5.69 Å². The van der Waals surface area contributed by atoms with E-state index in [4.69, 9.17) is 0 Å². The second-order valence-corrected chi connectivity index (χ2v) is 4.56. The smallest absolute Gasteiger partial charge is 0.226 e. The highest BCUT2D eigenvalue weighted by Crippen LogP contribution is 2.15. The van der Waals surface area contributed by atoms with E-state index >= 15 is 0 Å². The molecule has 0 aromatic carbocycles. The zero-order valence-corrected chi connectivity index (χ0v) is 10.5. The first-order valence-corrected chi connectivity index (χ1v) is 6.24. The summed E-state index contributed by atoms with van der Waals surface area (Å²) in [4.78, 5) is 11.9. The second kappa shape index (κ2) is 5.31. The first kappa shape index (κ1) is 12.1. The lowest BCUT2D eigenvalue weighted by molar-refractivity contribution is -0.116. The molecule has 0 spiro atoms. The van der Waals surface area contributed by atoms with Crippen LogP contribution in [0.25, 0.3) is 0 Å². The van der Waals surface area contributed by atoms with E-state index in [2.05, 4.69) is 15.7 Å². The summed E-state index contributed by atoms with van der Waals surface area (Å²) in [6.45, 7) is 3.07. The van der Waals surface area contributed by atoms with Crippen LogP contribution in [0.3, 0.4) is 0 Å². The van der Waals surface area contributed by atoms with Crippen molar-refractivity contribution >= 4 is 11.6 Å². The molecule has 1 aromatic heterocycles. The largest absolute Gasteiger partial charge is 0.323 e. The number of aromatic nitrogens is 2. The number of carbonyl (C=O) groups is 1. The summed E-state index contributed by atoms with van der Waals surface area (Å²) in [6.07, 6.45) is 5.52. The molecule has 1 unspecified atom stereocenters. The van der Waals surface area contributed by atoms with Gasteiger partial charge in [0.1, 0.15) is 0 Å². The Balaban J connectivity index is 1.92. The molecule has 1 fully saturated rings. The maximum Gasteiger partial charge on any atom is 0.226 e. The Morgan fingerprint density at radius 1 is 1.71 bits per heavy atom. The third-order valence-electron chi connectivity index (χ3n) is 3.11. The van der Waals surface area contributed by atoms with Crippen LogP contribution in [0.5, 0.6) is 0 Å². The van der Waals surface area contributed by atoms with E-state index in [9.17, 15) is 4.79 Å². The van der Waals surface area contributed by atoms with E-state index in [-0.39, 0.29) is 5.91 Å². The second-order valence-electron chi connectivity index (χ2n) is 4.56. The molecule has 1 amide bonds. The Morgan fingerprint density at radius 3 is 3.18 bits per heavy atom. The van der Waals surface area contributed by atoms with Gasteiger partial charge >= 0.3 is 0 Å². The Labute approximate surface area is 102 Å². The molecule has 17 heavy (non-hydrogen) atoms. The van der Waals surface area contributed by atoms with E-state index < -0.39 is 0 Å². The quantitative estimate of drug-likeness (QED) is 0.822. The minimum Gasteiger partial charge on any atom is -0.323 e. The molecule has 0 aliphatic carbocycles. The molecule has 5 nitrogen and oxygen atoms in total. The molecular formula is C12H20N4O. The van der Waals surface area contributed by atoms with Crippen LogP contribution in [0, 0.1) is 0 Å². The number of aryl methyl sites for hydroxylation is 2. The predicted octanol–water partition coefficient (Wildman–Crippen LogP) is 1.06. The Hall–Kier alpha value is -1.36. The minimum atomic E-state index is 0.0760. The van der Waals surface area contributed by atoms with Crippen molar-refractivity contribution in [3.8, 4) is 0 Å². The minimum absolute atomic E-state index is 0.0760. The summed E-state index contributed by atoms with van der Waals surface area (Å²) >= 11 is 0. The maximum atomic E-state index is 11.9. The fourth-order valence-electron chi connectivity index (χ4n) is 2.26. The van der Waals surface area contributed by atoms with E-state index in [0.29, 0.717) is 12.5 Å². The van der Waals surface area contributed by atoms with Gasteiger partial charge in [0, 0.05) is 25.7 Å². The highest BCUT2D eigenvalue weighted by atomic mass is 16.1. The lowest BCUT2D eigenvalue weighted by atomic mass is 10.1. The van der Waals surface area contributed by atoms with Crippen molar-refractivity contribution in [1.29, 1.82) is 0 Å². The average Bonchev–Trinajstić information content (AvgIpc) is 2.88. The molecule has 1 atom stereocenters. The summed E-state index contributed by atoms with van der Waals surface area (Å²) < 4.78 is 1.74. The summed E-state index contributed by atoms with van der Waals surface area (Å²) in [6, 6.07) is 0.344. The normalized spacial score (nSPS) is 19.5. The van der Waals surface area contributed by atoms with Crippen LogP contribution in [-0.2, 0) is 18.3 Å². The van der Waals surface area contributed by atoms with Crippen LogP contribution in [0.2, 0.25) is 0 Å². The van der Waals surface area contributed by atoms with Gasteiger partial charge in [-0.1, -0.05) is 6.92 Å². The monoisotopic (exact) mass is 236 g/mol. The number of hydrogen-bond donors (Lipinski definition) is 2. The van der Waals surface area contributed by atoms with E-state index in [1.54, 1.807) is 4.68 Å². The molecule has 5 heteroatoms. The lowest BCUT2D eigenvalue weighted by Gasteiger charge is -2.09. The number of nitrogens with one attached hydrogen (secondary N) is 2. The molecule has 2 N–H and O–H groups in total. The third kappa shape index (κ3) is 3.06. The summed E-state index contributed by atoms with van der Waals surface area (Å²) in [7, 11) is 1.87. The molecule has 1 aliphatic rings. The van der Waals surface area contributed by atoms with Crippen molar-refractivity contribution < 1.29 is 4.79 Å². The molecule has 1 aromatic rings. The van der Waals surface area contributed by atoms with Gasteiger partial charge in [-0.3, -0.25) is 9.48 Å². The highest BCUT2D eigenvalue weighted by Gasteiger charge is 2.18. The number of nitrogens with zero attached hydrogens (tertiary/aromatic N) is 2. The number of hydrogen-bond acceptors (Lipinski definition) is 3. The molecule has 0 radical (unpaired) electrons. The van der Waals surface area contributed by atoms with Gasteiger partial charge in [0.2, 0.25) is 5.91 Å². The van der Waals surface area contributed by atoms with Gasteiger partial charge in [-0.25, -0.2) is 0 Å². The number of carbonyl (C=O) groups excluding carboxylic acids is 1. The predicted molar refractivity (Wildman–Crippen MR) is 66.9 cm³/mol. The van der Waals surface area contributed by atoms with Crippen molar-refractivity contribution in [2.45, 2.75) is 38.6 Å². The zero-order valence-electron chi connectivity index (χ0n) is 10.5. The SMILES string of the molecule is CCc1nn(C)cc1NC(=O)CC1CCCN1. The molecule has 0 saturated carbocycles. The standard InChI is InChI=1S/C12H20N4O/c1-3-10-11(8-16(2)15-10)14-12(17)7-9-5-4-6-13-9/h8-9,13H,3-7H2,1-2H3,(H,14,17). The van der Waals surface area contributed by atoms with Crippen LogP contribution < -0.4 is 10.6 Å². The van der Waals surface area contributed by atoms with Crippen molar-refractivity contribution in [1.82, 2.24) is 15.1 Å². The van der Waals surface area contributed by atoms with Gasteiger partial charge in [-0.15, -0.1) is 0 Å². The zero-order chi connectivity index (χ0) is 12.3. The van der Waals surface area contributed by atoms with Gasteiger partial charge in [0.05, 0.1) is 11.4 Å². The molecular weight excluding hydrogens is 216 g/mol. The molecule has 94 valence electrons. The molecule has 0 bridgehead atoms. The molecule has 1 aliphatic heterocycles. The Kier molecular flexibility index (Phi) is 3.78. The topological polar surface area (TPSA) is 59.0 Å². The fourth-order valence-corrected chi connectivity index (χ4v) is 2.26. The lowest BCUT2D eigenvalue weighted by Crippen LogP contribution is -2.27. The van der Waals surface area contributed by atoms with Crippen molar-refractivity contribution in [2.75, 3.05) is 11.9 Å². The van der Waals surface area contributed by atoms with Gasteiger partial charge in [-0.05, 0) is 25.8 Å². The van der Waals surface area contributed by atoms with Gasteiger partial charge in [-0.2, -0.15) is 5.10 Å². The molecule has 2 heterocycles. The van der Waals surface area contributed by atoms with E-state index in [1.165, 1.54) is 6.42 Å². The molecule has 2 rings (SSSR count). The van der Waals surface area contributed by atoms with Crippen molar-refractivity contribution in [3.63, 3.8) is 0 Å². The van der Waals surface area contributed by atoms with Crippen LogP contribution >= 0.6 is 0 Å². The van der Waals surface area contributed by atoms with Crippen molar-refractivity contribution in [3.05, 3.63) is 11.9 Å². The molecule has 1 saturated heterocycles. The number of anilines is 1. The number of amides is 1. The average molecular weight is 236 g/mol. The van der Waals surface area contributed by atoms with Crippen LogP contribution in [0.15, 0.2) is 6.20 Å². The first-order valence-electron chi connectivity index (χ1n) is 6.24. The van der Waals surface area contributed by atoms with Crippen molar-refractivity contribution in [2.24, 2.45) is 7.05 Å². The summed E-state index contributed by atoms with van der Waals surface area (Å²) in [5.74, 6) is 0.0760. The number of rotatable bonds is 4. The fraction of sp³-hybridized carbons (Fsp3) is 0.667. The van der Waals surface area contributed by atoms with E-state index in [0.717, 1.165) is 30.8 Å². The van der Waals surface area contributed by atoms with Crippen LogP contribution in [0.1, 0.15) is 31.9 Å². The van der Waals surface area contributed by atoms with Crippen LogP contribution in [-0.4, -0.2) is 28.3 Å². The summed E-state index contributed by atoms with van der Waals surface area (Å²) in [5.41, 5.74) is 1.79. The third-order valence-corrected chi connectivity index (χ3v) is 3.11. The summed E-state index contributed by atoms with van der Waals surface area (Å²) in [5, 5.41) is 10.6. The Morgan fingerprint density at radius 2 is 2.53 bits per heavy atom. The first-order chi connectivity index (χ1) is 8.19. The maximum absolute atomic E-state index is 11.9. The Bertz CT molecular complexity index is 393. The van der Waals surface area contributed by atoms with Gasteiger partial charge in [0.15, 0.2) is 0 Å².